The molecule has 0 amide bonds. The van der Waals surface area contributed by atoms with E-state index in [4.69, 9.17) is 0 Å². The molecule has 3 nitrogen and oxygen atoms in total. The minimum atomic E-state index is -2.94. The molecule has 1 aliphatic rings. The Hall–Kier alpha value is -1.01. The molecule has 0 bridgehead atoms. The number of hydrogen-bond acceptors (Lipinski definition) is 3. The van der Waals surface area contributed by atoms with Crippen LogP contribution in [0.4, 0.5) is 8.78 Å². The third-order valence-corrected chi connectivity index (χ3v) is 5.66. The molecule has 1 fully saturated rings. The fourth-order valence-corrected chi connectivity index (χ4v) is 4.70. The zero-order valence-electron chi connectivity index (χ0n) is 12.1. The van der Waals surface area contributed by atoms with Crippen LogP contribution in [0.15, 0.2) is 18.2 Å². The molecule has 1 aromatic carbocycles. The van der Waals surface area contributed by atoms with Gasteiger partial charge in [-0.2, -0.15) is 0 Å². The molecule has 1 saturated heterocycles. The van der Waals surface area contributed by atoms with E-state index in [0.717, 1.165) is 19.0 Å². The van der Waals surface area contributed by atoms with Crippen molar-refractivity contribution in [2.75, 3.05) is 18.1 Å². The van der Waals surface area contributed by atoms with E-state index in [1.54, 1.807) is 0 Å². The highest BCUT2D eigenvalue weighted by atomic mass is 32.2. The summed E-state index contributed by atoms with van der Waals surface area (Å²) < 4.78 is 49.8. The standard InChI is InChI=1S/C15H21F2NO2S/c1-2-4-18-15(6-11-3-5-21(19,20)10-11)12-7-13(16)9-14(17)8-12/h7-9,11,15,18H,2-6,10H2,1H3. The van der Waals surface area contributed by atoms with Crippen molar-refractivity contribution in [3.05, 3.63) is 35.4 Å². The van der Waals surface area contributed by atoms with E-state index in [1.807, 2.05) is 6.92 Å². The molecule has 1 aromatic rings. The Bertz CT molecular complexity index is 569. The van der Waals surface area contributed by atoms with Gasteiger partial charge < -0.3 is 5.32 Å². The van der Waals surface area contributed by atoms with Crippen LogP contribution in [0.3, 0.4) is 0 Å². The second kappa shape index (κ2) is 6.83. The number of sulfone groups is 1. The van der Waals surface area contributed by atoms with Crippen LogP contribution in [0.1, 0.15) is 37.8 Å². The van der Waals surface area contributed by atoms with Gasteiger partial charge >= 0.3 is 0 Å². The van der Waals surface area contributed by atoms with Crippen molar-refractivity contribution >= 4 is 9.84 Å². The van der Waals surface area contributed by atoms with Crippen molar-refractivity contribution in [1.29, 1.82) is 0 Å². The number of hydrogen-bond donors (Lipinski definition) is 1. The summed E-state index contributed by atoms with van der Waals surface area (Å²) in [5.41, 5.74) is 0.547. The average molecular weight is 317 g/mol. The summed E-state index contributed by atoms with van der Waals surface area (Å²) in [6.07, 6.45) is 2.11. The third-order valence-electron chi connectivity index (χ3n) is 3.82. The van der Waals surface area contributed by atoms with Crippen molar-refractivity contribution in [2.45, 2.75) is 32.2 Å². The second-order valence-corrected chi connectivity index (χ2v) is 7.94. The monoisotopic (exact) mass is 317 g/mol. The molecule has 0 aliphatic carbocycles. The number of halogens is 2. The summed E-state index contributed by atoms with van der Waals surface area (Å²) >= 11 is 0. The van der Waals surface area contributed by atoms with Gasteiger partial charge in [0.1, 0.15) is 11.6 Å². The highest BCUT2D eigenvalue weighted by Crippen LogP contribution is 2.29. The van der Waals surface area contributed by atoms with Gasteiger partial charge in [-0.1, -0.05) is 6.92 Å². The predicted molar refractivity (Wildman–Crippen MR) is 78.8 cm³/mol. The van der Waals surface area contributed by atoms with Gasteiger partial charge in [0.05, 0.1) is 11.5 Å². The van der Waals surface area contributed by atoms with Gasteiger partial charge in [-0.25, -0.2) is 17.2 Å². The van der Waals surface area contributed by atoms with Crippen molar-refractivity contribution < 1.29 is 17.2 Å². The first-order valence-corrected chi connectivity index (χ1v) is 9.11. The Labute approximate surface area is 124 Å². The smallest absolute Gasteiger partial charge is 0.150 e. The molecule has 21 heavy (non-hydrogen) atoms. The van der Waals surface area contributed by atoms with Gasteiger partial charge in [0.25, 0.3) is 0 Å². The summed E-state index contributed by atoms with van der Waals surface area (Å²) in [6, 6.07) is 3.27. The Morgan fingerprint density at radius 2 is 1.95 bits per heavy atom. The summed E-state index contributed by atoms with van der Waals surface area (Å²) in [6.45, 7) is 2.73. The Balaban J connectivity index is 2.14. The number of rotatable bonds is 6. The van der Waals surface area contributed by atoms with Crippen LogP contribution < -0.4 is 5.32 Å². The summed E-state index contributed by atoms with van der Waals surface area (Å²) in [4.78, 5) is 0. The van der Waals surface area contributed by atoms with Crippen LogP contribution in [0.25, 0.3) is 0 Å². The first kappa shape index (κ1) is 16.4. The zero-order chi connectivity index (χ0) is 15.5. The fraction of sp³-hybridized carbons (Fsp3) is 0.600. The SMILES string of the molecule is CCCNC(CC1CCS(=O)(=O)C1)c1cc(F)cc(F)c1. The maximum absolute atomic E-state index is 13.4. The molecule has 1 heterocycles. The maximum atomic E-state index is 13.4. The molecule has 1 aliphatic heterocycles. The molecule has 2 rings (SSSR count). The quantitative estimate of drug-likeness (QED) is 0.877. The first-order valence-electron chi connectivity index (χ1n) is 7.29. The topological polar surface area (TPSA) is 46.2 Å². The Morgan fingerprint density at radius 3 is 2.48 bits per heavy atom. The fourth-order valence-electron chi connectivity index (χ4n) is 2.82. The van der Waals surface area contributed by atoms with E-state index < -0.39 is 21.5 Å². The van der Waals surface area contributed by atoms with Crippen molar-refractivity contribution in [2.24, 2.45) is 5.92 Å². The molecule has 0 radical (unpaired) electrons. The lowest BCUT2D eigenvalue weighted by atomic mass is 9.94. The van der Waals surface area contributed by atoms with Crippen molar-refractivity contribution in [1.82, 2.24) is 5.32 Å². The minimum absolute atomic E-state index is 0.0516. The molecular weight excluding hydrogens is 296 g/mol. The van der Waals surface area contributed by atoms with Gasteiger partial charge in [-0.05, 0) is 49.4 Å². The lowest BCUT2D eigenvalue weighted by Crippen LogP contribution is -2.25. The average Bonchev–Trinajstić information content (AvgIpc) is 2.72. The predicted octanol–water partition coefficient (Wildman–Crippen LogP) is 2.83. The number of benzene rings is 1. The van der Waals surface area contributed by atoms with Gasteiger partial charge in [-0.3, -0.25) is 0 Å². The second-order valence-electron chi connectivity index (χ2n) is 5.71. The molecule has 0 spiro atoms. The van der Waals surface area contributed by atoms with Crippen LogP contribution in [0.2, 0.25) is 0 Å². The van der Waals surface area contributed by atoms with E-state index in [-0.39, 0.29) is 23.5 Å². The van der Waals surface area contributed by atoms with Crippen LogP contribution in [-0.4, -0.2) is 26.5 Å². The van der Waals surface area contributed by atoms with E-state index >= 15 is 0 Å². The van der Waals surface area contributed by atoms with Gasteiger partial charge in [0.2, 0.25) is 0 Å². The zero-order valence-corrected chi connectivity index (χ0v) is 12.9. The van der Waals surface area contributed by atoms with E-state index in [0.29, 0.717) is 18.4 Å². The van der Waals surface area contributed by atoms with Crippen LogP contribution in [0, 0.1) is 17.6 Å². The van der Waals surface area contributed by atoms with Crippen molar-refractivity contribution in [3.63, 3.8) is 0 Å². The minimum Gasteiger partial charge on any atom is -0.310 e. The van der Waals surface area contributed by atoms with E-state index in [2.05, 4.69) is 5.32 Å². The highest BCUT2D eigenvalue weighted by molar-refractivity contribution is 7.91. The van der Waals surface area contributed by atoms with Gasteiger partial charge in [-0.15, -0.1) is 0 Å². The van der Waals surface area contributed by atoms with Crippen LogP contribution in [-0.2, 0) is 9.84 Å². The third kappa shape index (κ3) is 4.74. The molecule has 2 atom stereocenters. The van der Waals surface area contributed by atoms with E-state index in [9.17, 15) is 17.2 Å². The van der Waals surface area contributed by atoms with Gasteiger partial charge in [0, 0.05) is 12.1 Å². The molecule has 0 aromatic heterocycles. The lowest BCUT2D eigenvalue weighted by Gasteiger charge is -2.22. The molecule has 118 valence electrons. The van der Waals surface area contributed by atoms with E-state index in [1.165, 1.54) is 12.1 Å². The molecule has 6 heteroatoms. The molecule has 1 N–H and O–H groups in total. The van der Waals surface area contributed by atoms with Gasteiger partial charge in [0.15, 0.2) is 9.84 Å². The van der Waals surface area contributed by atoms with Crippen molar-refractivity contribution in [3.8, 4) is 0 Å². The molecule has 2 unspecified atom stereocenters. The first-order chi connectivity index (χ1) is 9.89. The summed E-state index contributed by atoms with van der Waals surface area (Å²) in [7, 11) is -2.94. The van der Waals surface area contributed by atoms with Crippen LogP contribution in [0.5, 0.6) is 0 Å². The Kier molecular flexibility index (Phi) is 5.32. The Morgan fingerprint density at radius 1 is 1.29 bits per heavy atom. The lowest BCUT2D eigenvalue weighted by molar-refractivity contribution is 0.411. The largest absolute Gasteiger partial charge is 0.310 e. The van der Waals surface area contributed by atoms with Crippen LogP contribution >= 0.6 is 0 Å². The summed E-state index contributed by atoms with van der Waals surface area (Å²) in [5, 5.41) is 3.27. The normalized spacial score (nSPS) is 22.3. The maximum Gasteiger partial charge on any atom is 0.150 e. The number of nitrogens with one attached hydrogen (secondary N) is 1. The highest BCUT2D eigenvalue weighted by Gasteiger charge is 2.30. The molecular formula is C15H21F2NO2S. The molecule has 0 saturated carbocycles. The summed E-state index contributed by atoms with van der Waals surface area (Å²) in [5.74, 6) is -0.763.